The first kappa shape index (κ1) is 15.9. The fraction of sp³-hybridized carbons (Fsp3) is 0.0526. The third kappa shape index (κ3) is 3.68. The van der Waals surface area contributed by atoms with Gasteiger partial charge in [-0.05, 0) is 41.5 Å². The van der Waals surface area contributed by atoms with Gasteiger partial charge in [0.15, 0.2) is 0 Å². The Morgan fingerprint density at radius 3 is 2.17 bits per heavy atom. The fourth-order valence-electron chi connectivity index (χ4n) is 2.38. The Balaban J connectivity index is 1.86. The summed E-state index contributed by atoms with van der Waals surface area (Å²) in [7, 11) is 0. The van der Waals surface area contributed by atoms with Crippen LogP contribution in [0.3, 0.4) is 0 Å². The van der Waals surface area contributed by atoms with E-state index in [9.17, 15) is 13.2 Å². The van der Waals surface area contributed by atoms with Gasteiger partial charge in [0.1, 0.15) is 5.75 Å². The zero-order valence-corrected chi connectivity index (χ0v) is 12.6. The van der Waals surface area contributed by atoms with E-state index in [1.54, 1.807) is 12.1 Å². The number of rotatable bonds is 3. The maximum absolute atomic E-state index is 12.2. The first-order valence-corrected chi connectivity index (χ1v) is 7.22. The smallest absolute Gasteiger partial charge is 0.406 e. The summed E-state index contributed by atoms with van der Waals surface area (Å²) in [6.45, 7) is 3.97. The number of benzene rings is 2. The standard InChI is InChI=1S/C19H14F3NO/c1-14-7-8-16(15-5-3-2-4-6-15)13-23(14)17-9-11-18(12-10-17)24-19(20,21)22/h2-13H,1H2. The maximum atomic E-state index is 12.2. The number of ether oxygens (including phenoxy) is 1. The second-order valence-corrected chi connectivity index (χ2v) is 5.19. The summed E-state index contributed by atoms with van der Waals surface area (Å²) in [5.41, 5.74) is 3.45. The van der Waals surface area contributed by atoms with Gasteiger partial charge < -0.3 is 9.64 Å². The molecule has 0 fully saturated rings. The highest BCUT2D eigenvalue weighted by atomic mass is 19.4. The highest BCUT2D eigenvalue weighted by molar-refractivity contribution is 5.80. The van der Waals surface area contributed by atoms with Gasteiger partial charge in [0.05, 0.1) is 0 Å². The number of allylic oxidation sites excluding steroid dienone is 3. The van der Waals surface area contributed by atoms with E-state index in [0.29, 0.717) is 5.69 Å². The van der Waals surface area contributed by atoms with Crippen molar-refractivity contribution in [3.05, 3.63) is 90.8 Å². The second kappa shape index (κ2) is 6.28. The van der Waals surface area contributed by atoms with Crippen LogP contribution in [0, 0.1) is 0 Å². The minimum Gasteiger partial charge on any atom is -0.406 e. The Morgan fingerprint density at radius 1 is 0.875 bits per heavy atom. The van der Waals surface area contributed by atoms with Crippen LogP contribution in [-0.4, -0.2) is 6.36 Å². The molecule has 2 aromatic rings. The number of halogens is 3. The SMILES string of the molecule is C=C1C=CC(c2ccccc2)=CN1c1ccc(OC(F)(F)F)cc1. The molecule has 0 saturated heterocycles. The van der Waals surface area contributed by atoms with Crippen molar-refractivity contribution in [2.45, 2.75) is 6.36 Å². The normalized spacial score (nSPS) is 14.5. The lowest BCUT2D eigenvalue weighted by atomic mass is 10.0. The minimum atomic E-state index is -4.70. The van der Waals surface area contributed by atoms with Crippen LogP contribution in [0.4, 0.5) is 18.9 Å². The lowest BCUT2D eigenvalue weighted by Gasteiger charge is -2.25. The van der Waals surface area contributed by atoms with Crippen LogP contribution in [0.5, 0.6) is 5.75 Å². The van der Waals surface area contributed by atoms with Crippen molar-refractivity contribution in [1.29, 1.82) is 0 Å². The number of nitrogens with zero attached hydrogens (tertiary/aromatic N) is 1. The van der Waals surface area contributed by atoms with Crippen molar-refractivity contribution >= 4 is 11.3 Å². The van der Waals surface area contributed by atoms with Gasteiger partial charge in [-0.1, -0.05) is 43.0 Å². The third-order valence-electron chi connectivity index (χ3n) is 3.49. The first-order valence-electron chi connectivity index (χ1n) is 7.22. The molecule has 1 aliphatic heterocycles. The molecule has 0 aliphatic carbocycles. The average molecular weight is 329 g/mol. The summed E-state index contributed by atoms with van der Waals surface area (Å²) < 4.78 is 40.6. The van der Waals surface area contributed by atoms with E-state index in [0.717, 1.165) is 16.8 Å². The highest BCUT2D eigenvalue weighted by Gasteiger charge is 2.31. The summed E-state index contributed by atoms with van der Waals surface area (Å²) in [6, 6.07) is 15.5. The molecule has 0 atom stereocenters. The molecular weight excluding hydrogens is 315 g/mol. The van der Waals surface area contributed by atoms with Crippen LogP contribution in [0.1, 0.15) is 5.56 Å². The number of alkyl halides is 3. The molecule has 0 amide bonds. The first-order chi connectivity index (χ1) is 11.4. The van der Waals surface area contributed by atoms with Gasteiger partial charge in [-0.25, -0.2) is 0 Å². The molecule has 0 unspecified atom stereocenters. The molecule has 0 N–H and O–H groups in total. The van der Waals surface area contributed by atoms with Crippen molar-refractivity contribution in [3.63, 3.8) is 0 Å². The molecule has 0 bridgehead atoms. The predicted octanol–water partition coefficient (Wildman–Crippen LogP) is 5.52. The predicted molar refractivity (Wildman–Crippen MR) is 88.3 cm³/mol. The molecule has 122 valence electrons. The van der Waals surface area contributed by atoms with Crippen LogP contribution >= 0.6 is 0 Å². The van der Waals surface area contributed by atoms with Gasteiger partial charge in [-0.3, -0.25) is 0 Å². The topological polar surface area (TPSA) is 12.5 Å². The third-order valence-corrected chi connectivity index (χ3v) is 3.49. The molecule has 1 aliphatic rings. The zero-order chi connectivity index (χ0) is 17.2. The molecular formula is C19H14F3NO. The van der Waals surface area contributed by atoms with Gasteiger partial charge >= 0.3 is 6.36 Å². The lowest BCUT2D eigenvalue weighted by Crippen LogP contribution is -2.18. The molecule has 0 saturated carbocycles. The molecule has 2 aromatic carbocycles. The average Bonchev–Trinajstić information content (AvgIpc) is 2.56. The van der Waals surface area contributed by atoms with E-state index in [1.807, 2.05) is 53.6 Å². The summed E-state index contributed by atoms with van der Waals surface area (Å²) in [5.74, 6) is -0.253. The van der Waals surface area contributed by atoms with Crippen molar-refractivity contribution in [1.82, 2.24) is 0 Å². The second-order valence-electron chi connectivity index (χ2n) is 5.19. The van der Waals surface area contributed by atoms with E-state index in [-0.39, 0.29) is 5.75 Å². The van der Waals surface area contributed by atoms with Gasteiger partial charge in [0, 0.05) is 17.6 Å². The van der Waals surface area contributed by atoms with Crippen LogP contribution in [0.25, 0.3) is 5.57 Å². The number of hydrogen-bond donors (Lipinski definition) is 0. The van der Waals surface area contributed by atoms with E-state index < -0.39 is 6.36 Å². The van der Waals surface area contributed by atoms with Crippen LogP contribution in [0.2, 0.25) is 0 Å². The Kier molecular flexibility index (Phi) is 4.16. The maximum Gasteiger partial charge on any atom is 0.573 e. The van der Waals surface area contributed by atoms with E-state index >= 15 is 0 Å². The Morgan fingerprint density at radius 2 is 1.54 bits per heavy atom. The minimum absolute atomic E-state index is 0.253. The lowest BCUT2D eigenvalue weighted by molar-refractivity contribution is -0.274. The number of hydrogen-bond acceptors (Lipinski definition) is 2. The fourth-order valence-corrected chi connectivity index (χ4v) is 2.38. The Bertz CT molecular complexity index is 790. The summed E-state index contributed by atoms with van der Waals surface area (Å²) in [5, 5.41) is 0. The van der Waals surface area contributed by atoms with E-state index in [1.165, 1.54) is 12.1 Å². The highest BCUT2D eigenvalue weighted by Crippen LogP contribution is 2.31. The van der Waals surface area contributed by atoms with Crippen LogP contribution < -0.4 is 9.64 Å². The molecule has 24 heavy (non-hydrogen) atoms. The van der Waals surface area contributed by atoms with Crippen molar-refractivity contribution < 1.29 is 17.9 Å². The van der Waals surface area contributed by atoms with Crippen molar-refractivity contribution in [3.8, 4) is 5.75 Å². The Hall–Kier alpha value is -2.95. The number of anilines is 1. The molecule has 3 rings (SSSR count). The van der Waals surface area contributed by atoms with Crippen LogP contribution in [-0.2, 0) is 0 Å². The zero-order valence-electron chi connectivity index (χ0n) is 12.6. The Labute approximate surface area is 137 Å². The van der Waals surface area contributed by atoms with Gasteiger partial charge in [0.2, 0.25) is 0 Å². The van der Waals surface area contributed by atoms with E-state index in [2.05, 4.69) is 11.3 Å². The largest absolute Gasteiger partial charge is 0.573 e. The van der Waals surface area contributed by atoms with Crippen molar-refractivity contribution in [2.24, 2.45) is 0 Å². The summed E-state index contributed by atoms with van der Waals surface area (Å²) in [4.78, 5) is 1.82. The van der Waals surface area contributed by atoms with Gasteiger partial charge in [0.25, 0.3) is 0 Å². The van der Waals surface area contributed by atoms with Crippen LogP contribution in [0.15, 0.2) is 85.2 Å². The van der Waals surface area contributed by atoms with Crippen molar-refractivity contribution in [2.75, 3.05) is 4.90 Å². The molecule has 0 radical (unpaired) electrons. The molecule has 0 spiro atoms. The van der Waals surface area contributed by atoms with Gasteiger partial charge in [-0.2, -0.15) is 0 Å². The molecule has 1 heterocycles. The summed E-state index contributed by atoms with van der Waals surface area (Å²) in [6.07, 6.45) is 1.02. The quantitative estimate of drug-likeness (QED) is 0.735. The van der Waals surface area contributed by atoms with E-state index in [4.69, 9.17) is 0 Å². The molecule has 2 nitrogen and oxygen atoms in total. The van der Waals surface area contributed by atoms with Gasteiger partial charge in [-0.15, -0.1) is 13.2 Å². The molecule has 5 heteroatoms. The molecule has 0 aromatic heterocycles. The monoisotopic (exact) mass is 329 g/mol. The summed E-state index contributed by atoms with van der Waals surface area (Å²) >= 11 is 0.